The Hall–Kier alpha value is -2.09. The number of hydrogen-bond acceptors (Lipinski definition) is 4. The smallest absolute Gasteiger partial charge is 0.326 e. The molecule has 5 nitrogen and oxygen atoms in total. The van der Waals surface area contributed by atoms with E-state index in [1.165, 1.54) is 0 Å². The summed E-state index contributed by atoms with van der Waals surface area (Å²) in [6.07, 6.45) is 4.17. The fourth-order valence-corrected chi connectivity index (χ4v) is 2.56. The van der Waals surface area contributed by atoms with E-state index in [1.807, 2.05) is 0 Å². The highest BCUT2D eigenvalue weighted by Crippen LogP contribution is 2.29. The van der Waals surface area contributed by atoms with Crippen molar-refractivity contribution in [3.8, 4) is 6.07 Å². The molecule has 1 N–H and O–H groups in total. The number of nitriles is 1. The van der Waals surface area contributed by atoms with Crippen molar-refractivity contribution in [2.75, 3.05) is 11.4 Å². The maximum Gasteiger partial charge on any atom is 0.326 e. The molecule has 0 radical (unpaired) electrons. The van der Waals surface area contributed by atoms with Crippen molar-refractivity contribution in [1.82, 2.24) is 4.98 Å². The minimum atomic E-state index is -0.817. The molecule has 1 aromatic heterocycles. The SMILES string of the molecule is CCC1CCN(c2cc(C#N)ccn2)C(C(=O)O)C1. The molecule has 0 bridgehead atoms. The van der Waals surface area contributed by atoms with Crippen LogP contribution in [0.4, 0.5) is 5.82 Å². The van der Waals surface area contributed by atoms with Crippen LogP contribution in [0.15, 0.2) is 18.3 Å². The van der Waals surface area contributed by atoms with Crippen LogP contribution < -0.4 is 4.90 Å². The molecule has 100 valence electrons. The number of piperidine rings is 1. The number of pyridine rings is 1. The van der Waals surface area contributed by atoms with Gasteiger partial charge in [0.25, 0.3) is 0 Å². The van der Waals surface area contributed by atoms with E-state index < -0.39 is 12.0 Å². The monoisotopic (exact) mass is 259 g/mol. The van der Waals surface area contributed by atoms with Crippen LogP contribution in [0, 0.1) is 17.2 Å². The summed E-state index contributed by atoms with van der Waals surface area (Å²) in [5, 5.41) is 18.3. The second-order valence-corrected chi connectivity index (χ2v) is 4.86. The lowest BCUT2D eigenvalue weighted by Gasteiger charge is -2.37. The van der Waals surface area contributed by atoms with Gasteiger partial charge in [0.2, 0.25) is 0 Å². The minimum absolute atomic E-state index is 0.455. The molecule has 0 saturated carbocycles. The zero-order valence-electron chi connectivity index (χ0n) is 10.9. The van der Waals surface area contributed by atoms with Crippen LogP contribution in [0.2, 0.25) is 0 Å². The first kappa shape index (κ1) is 13.3. The molecular formula is C14H17N3O2. The minimum Gasteiger partial charge on any atom is -0.480 e. The average Bonchev–Trinajstić information content (AvgIpc) is 2.46. The fourth-order valence-electron chi connectivity index (χ4n) is 2.56. The van der Waals surface area contributed by atoms with Crippen molar-refractivity contribution in [2.45, 2.75) is 32.2 Å². The van der Waals surface area contributed by atoms with Crippen molar-refractivity contribution >= 4 is 11.8 Å². The molecule has 5 heteroatoms. The van der Waals surface area contributed by atoms with Crippen LogP contribution in [0.5, 0.6) is 0 Å². The molecule has 1 aromatic rings. The summed E-state index contributed by atoms with van der Waals surface area (Å²) in [7, 11) is 0. The highest BCUT2D eigenvalue weighted by Gasteiger charge is 2.33. The van der Waals surface area contributed by atoms with E-state index in [0.717, 1.165) is 12.8 Å². The van der Waals surface area contributed by atoms with Gasteiger partial charge in [-0.05, 0) is 30.9 Å². The van der Waals surface area contributed by atoms with Crippen molar-refractivity contribution in [1.29, 1.82) is 5.26 Å². The second-order valence-electron chi connectivity index (χ2n) is 4.86. The molecule has 2 rings (SSSR count). The van der Waals surface area contributed by atoms with E-state index in [0.29, 0.717) is 30.3 Å². The molecule has 19 heavy (non-hydrogen) atoms. The lowest BCUT2D eigenvalue weighted by Crippen LogP contribution is -2.47. The predicted octanol–water partition coefficient (Wildman–Crippen LogP) is 2.03. The fraction of sp³-hybridized carbons (Fsp3) is 0.500. The molecule has 1 fully saturated rings. The van der Waals surface area contributed by atoms with Crippen molar-refractivity contribution in [3.63, 3.8) is 0 Å². The number of aliphatic carboxylic acids is 1. The first-order valence-electron chi connectivity index (χ1n) is 6.51. The summed E-state index contributed by atoms with van der Waals surface area (Å²) >= 11 is 0. The molecule has 1 saturated heterocycles. The zero-order valence-corrected chi connectivity index (χ0v) is 10.9. The third-order valence-corrected chi connectivity index (χ3v) is 3.74. The summed E-state index contributed by atoms with van der Waals surface area (Å²) in [5.41, 5.74) is 0.506. The summed E-state index contributed by atoms with van der Waals surface area (Å²) in [6.45, 7) is 2.77. The summed E-state index contributed by atoms with van der Waals surface area (Å²) in [5.74, 6) is 0.222. The Bertz CT molecular complexity index is 510. The third-order valence-electron chi connectivity index (χ3n) is 3.74. The molecule has 2 heterocycles. The number of aromatic nitrogens is 1. The van der Waals surface area contributed by atoms with Gasteiger partial charge in [0.1, 0.15) is 11.9 Å². The number of nitrogens with zero attached hydrogens (tertiary/aromatic N) is 3. The van der Waals surface area contributed by atoms with Gasteiger partial charge in [-0.3, -0.25) is 0 Å². The molecule has 0 aromatic carbocycles. The quantitative estimate of drug-likeness (QED) is 0.898. The number of rotatable bonds is 3. The molecule has 2 atom stereocenters. The standard InChI is InChI=1S/C14H17N3O2/c1-2-10-4-6-17(12(7-10)14(18)19)13-8-11(9-15)3-5-16-13/h3,5,8,10,12H,2,4,6-7H2,1H3,(H,18,19). The second kappa shape index (κ2) is 5.70. The van der Waals surface area contributed by atoms with Crippen LogP contribution in [0.1, 0.15) is 31.7 Å². The molecule has 0 spiro atoms. The summed E-state index contributed by atoms with van der Waals surface area (Å²) in [6, 6.07) is 4.79. The van der Waals surface area contributed by atoms with Crippen LogP contribution in [-0.2, 0) is 4.79 Å². The van der Waals surface area contributed by atoms with Crippen LogP contribution in [0.25, 0.3) is 0 Å². The average molecular weight is 259 g/mol. The Balaban J connectivity index is 2.26. The van der Waals surface area contributed by atoms with Crippen LogP contribution in [-0.4, -0.2) is 28.6 Å². The Morgan fingerprint density at radius 1 is 1.68 bits per heavy atom. The lowest BCUT2D eigenvalue weighted by molar-refractivity contribution is -0.139. The van der Waals surface area contributed by atoms with Gasteiger partial charge in [-0.2, -0.15) is 5.26 Å². The molecular weight excluding hydrogens is 242 g/mol. The maximum atomic E-state index is 11.4. The van der Waals surface area contributed by atoms with Crippen molar-refractivity contribution in [3.05, 3.63) is 23.9 Å². The van der Waals surface area contributed by atoms with Gasteiger partial charge in [0.05, 0.1) is 11.6 Å². The normalized spacial score (nSPS) is 22.8. The van der Waals surface area contributed by atoms with Crippen molar-refractivity contribution < 1.29 is 9.90 Å². The topological polar surface area (TPSA) is 77.2 Å². The van der Waals surface area contributed by atoms with Crippen LogP contribution >= 0.6 is 0 Å². The van der Waals surface area contributed by atoms with E-state index in [4.69, 9.17) is 5.26 Å². The molecule has 2 unspecified atom stereocenters. The van der Waals surface area contributed by atoms with E-state index in [2.05, 4.69) is 18.0 Å². The van der Waals surface area contributed by atoms with Gasteiger partial charge in [-0.1, -0.05) is 13.3 Å². The van der Waals surface area contributed by atoms with E-state index in [9.17, 15) is 9.90 Å². The number of carbonyl (C=O) groups is 1. The largest absolute Gasteiger partial charge is 0.480 e. The number of carboxylic acids is 1. The molecule has 1 aliphatic rings. The Morgan fingerprint density at radius 2 is 2.47 bits per heavy atom. The highest BCUT2D eigenvalue weighted by molar-refractivity contribution is 5.78. The predicted molar refractivity (Wildman–Crippen MR) is 70.7 cm³/mol. The Morgan fingerprint density at radius 3 is 3.11 bits per heavy atom. The van der Waals surface area contributed by atoms with Gasteiger partial charge >= 0.3 is 5.97 Å². The summed E-state index contributed by atoms with van der Waals surface area (Å²) in [4.78, 5) is 17.4. The van der Waals surface area contributed by atoms with Gasteiger partial charge in [-0.15, -0.1) is 0 Å². The highest BCUT2D eigenvalue weighted by atomic mass is 16.4. The molecule has 1 aliphatic heterocycles. The first-order chi connectivity index (χ1) is 9.15. The molecule has 0 aliphatic carbocycles. The first-order valence-corrected chi connectivity index (χ1v) is 6.51. The number of hydrogen-bond donors (Lipinski definition) is 1. The van der Waals surface area contributed by atoms with Gasteiger partial charge in [0, 0.05) is 12.7 Å². The van der Waals surface area contributed by atoms with Gasteiger partial charge < -0.3 is 10.0 Å². The third kappa shape index (κ3) is 2.84. The van der Waals surface area contributed by atoms with E-state index in [-0.39, 0.29) is 0 Å². The van der Waals surface area contributed by atoms with Gasteiger partial charge in [0.15, 0.2) is 0 Å². The lowest BCUT2D eigenvalue weighted by atomic mass is 9.89. The van der Waals surface area contributed by atoms with Crippen LogP contribution in [0.3, 0.4) is 0 Å². The summed E-state index contributed by atoms with van der Waals surface area (Å²) < 4.78 is 0. The maximum absolute atomic E-state index is 11.4. The zero-order chi connectivity index (χ0) is 13.8. The molecule has 0 amide bonds. The Labute approximate surface area is 112 Å². The van der Waals surface area contributed by atoms with E-state index >= 15 is 0 Å². The van der Waals surface area contributed by atoms with E-state index in [1.54, 1.807) is 23.2 Å². The number of anilines is 1. The van der Waals surface area contributed by atoms with Gasteiger partial charge in [-0.25, -0.2) is 9.78 Å². The van der Waals surface area contributed by atoms with Crippen molar-refractivity contribution in [2.24, 2.45) is 5.92 Å². The Kier molecular flexibility index (Phi) is 4.00. The number of carboxylic acid groups (broad SMARTS) is 1.